The Hall–Kier alpha value is -0.760. The van der Waals surface area contributed by atoms with Gasteiger partial charge in [-0.3, -0.25) is 0 Å². The van der Waals surface area contributed by atoms with Gasteiger partial charge in [0.2, 0.25) is 0 Å². The van der Waals surface area contributed by atoms with Crippen LogP contribution in [0.1, 0.15) is 24.1 Å². The normalized spacial score (nSPS) is 25.1. The minimum atomic E-state index is 0.512. The molecule has 2 nitrogen and oxygen atoms in total. The van der Waals surface area contributed by atoms with Crippen molar-refractivity contribution >= 4 is 0 Å². The van der Waals surface area contributed by atoms with Gasteiger partial charge in [-0.15, -0.1) is 0 Å². The lowest BCUT2D eigenvalue weighted by atomic mass is 10.0. The first-order valence-electron chi connectivity index (χ1n) is 4.28. The third-order valence-corrected chi connectivity index (χ3v) is 2.95. The van der Waals surface area contributed by atoms with Gasteiger partial charge in [-0.05, 0) is 24.5 Å². The van der Waals surface area contributed by atoms with E-state index in [0.29, 0.717) is 5.54 Å². The van der Waals surface area contributed by atoms with Crippen molar-refractivity contribution in [2.24, 2.45) is 0 Å². The number of rotatable bonds is 0. The van der Waals surface area contributed by atoms with E-state index in [1.54, 1.807) is 0 Å². The van der Waals surface area contributed by atoms with Crippen LogP contribution in [-0.2, 0) is 13.0 Å². The Morgan fingerprint density at radius 3 is 3.09 bits per heavy atom. The Morgan fingerprint density at radius 2 is 2.27 bits per heavy atom. The highest BCUT2D eigenvalue weighted by atomic mass is 15.0. The molecule has 3 rings (SSSR count). The van der Waals surface area contributed by atoms with Crippen LogP contribution in [-0.4, -0.2) is 10.5 Å². The van der Waals surface area contributed by atoms with E-state index in [9.17, 15) is 0 Å². The molecular weight excluding hydrogens is 136 g/mol. The number of aromatic nitrogens is 1. The summed E-state index contributed by atoms with van der Waals surface area (Å²) < 4.78 is 0. The number of aromatic amines is 1. The molecule has 0 saturated heterocycles. The first-order valence-corrected chi connectivity index (χ1v) is 4.28. The molecule has 1 fully saturated rings. The highest BCUT2D eigenvalue weighted by Crippen LogP contribution is 2.41. The first-order chi connectivity index (χ1) is 5.38. The molecule has 0 unspecified atom stereocenters. The molecular formula is C9H12N2. The molecule has 2 heterocycles. The van der Waals surface area contributed by atoms with Gasteiger partial charge in [0.05, 0.1) is 0 Å². The maximum atomic E-state index is 3.59. The van der Waals surface area contributed by atoms with Gasteiger partial charge >= 0.3 is 0 Å². The van der Waals surface area contributed by atoms with Gasteiger partial charge in [0, 0.05) is 30.4 Å². The van der Waals surface area contributed by atoms with Crippen molar-refractivity contribution in [3.8, 4) is 0 Å². The number of fused-ring (bicyclic) bond motifs is 1. The van der Waals surface area contributed by atoms with Crippen molar-refractivity contribution in [3.63, 3.8) is 0 Å². The largest absolute Gasteiger partial charge is 0.365 e. The fourth-order valence-corrected chi connectivity index (χ4v) is 1.95. The van der Waals surface area contributed by atoms with Crippen molar-refractivity contribution in [3.05, 3.63) is 23.5 Å². The topological polar surface area (TPSA) is 27.8 Å². The molecule has 2 heteroatoms. The van der Waals surface area contributed by atoms with Crippen LogP contribution in [0, 0.1) is 0 Å². The van der Waals surface area contributed by atoms with Crippen LogP contribution in [0.25, 0.3) is 0 Å². The number of hydrogen-bond acceptors (Lipinski definition) is 1. The summed E-state index contributed by atoms with van der Waals surface area (Å²) >= 11 is 0. The summed E-state index contributed by atoms with van der Waals surface area (Å²) in [5, 5.41) is 3.59. The summed E-state index contributed by atoms with van der Waals surface area (Å²) in [4.78, 5) is 3.31. The van der Waals surface area contributed by atoms with Gasteiger partial charge in [0.15, 0.2) is 0 Å². The van der Waals surface area contributed by atoms with Gasteiger partial charge in [-0.1, -0.05) is 0 Å². The summed E-state index contributed by atoms with van der Waals surface area (Å²) in [5.74, 6) is 0. The molecule has 0 bridgehead atoms. The molecule has 0 amide bonds. The molecule has 0 radical (unpaired) electrons. The highest BCUT2D eigenvalue weighted by Gasteiger charge is 2.44. The molecule has 58 valence electrons. The Labute approximate surface area is 66.0 Å². The molecule has 1 aliphatic heterocycles. The number of hydrogen-bond donors (Lipinski definition) is 2. The third-order valence-electron chi connectivity index (χ3n) is 2.95. The first kappa shape index (κ1) is 5.84. The summed E-state index contributed by atoms with van der Waals surface area (Å²) in [6.45, 7) is 1.07. The number of H-pyrrole nitrogens is 1. The van der Waals surface area contributed by atoms with Crippen LogP contribution in [0.2, 0.25) is 0 Å². The predicted molar refractivity (Wildman–Crippen MR) is 43.3 cm³/mol. The molecule has 0 aromatic carbocycles. The predicted octanol–water partition coefficient (Wildman–Crippen LogP) is 1.19. The average molecular weight is 148 g/mol. The minimum Gasteiger partial charge on any atom is -0.365 e. The van der Waals surface area contributed by atoms with Crippen molar-refractivity contribution < 1.29 is 0 Å². The van der Waals surface area contributed by atoms with Crippen LogP contribution < -0.4 is 5.32 Å². The zero-order chi connectivity index (χ0) is 7.31. The van der Waals surface area contributed by atoms with E-state index in [-0.39, 0.29) is 0 Å². The lowest BCUT2D eigenvalue weighted by molar-refractivity contribution is 0.460. The fraction of sp³-hybridized carbons (Fsp3) is 0.556. The monoisotopic (exact) mass is 148 g/mol. The molecule has 1 aromatic heterocycles. The van der Waals surface area contributed by atoms with Gasteiger partial charge in [0.1, 0.15) is 0 Å². The summed E-state index contributed by atoms with van der Waals surface area (Å²) in [7, 11) is 0. The van der Waals surface area contributed by atoms with E-state index >= 15 is 0 Å². The van der Waals surface area contributed by atoms with Crippen LogP contribution in [0.15, 0.2) is 12.3 Å². The maximum Gasteiger partial charge on any atom is 0.0240 e. The van der Waals surface area contributed by atoms with Gasteiger partial charge in [-0.2, -0.15) is 0 Å². The SMILES string of the molecule is c1cc2c([nH]1)CC1(CC1)NC2. The van der Waals surface area contributed by atoms with Crippen molar-refractivity contribution in [2.75, 3.05) is 0 Å². The second-order valence-electron chi connectivity index (χ2n) is 3.79. The van der Waals surface area contributed by atoms with Gasteiger partial charge < -0.3 is 10.3 Å². The number of nitrogens with one attached hydrogen (secondary N) is 2. The lowest BCUT2D eigenvalue weighted by Crippen LogP contribution is -2.37. The van der Waals surface area contributed by atoms with Gasteiger partial charge in [0.25, 0.3) is 0 Å². The Bertz CT molecular complexity index is 284. The van der Waals surface area contributed by atoms with Crippen LogP contribution >= 0.6 is 0 Å². The van der Waals surface area contributed by atoms with Crippen molar-refractivity contribution in [1.29, 1.82) is 0 Å². The highest BCUT2D eigenvalue weighted by molar-refractivity contribution is 5.28. The standard InChI is InChI=1S/C9H12N2/c1-4-10-8-5-9(2-3-9)11-6-7(1)8/h1,4,10-11H,2-3,5-6H2. The van der Waals surface area contributed by atoms with E-state index in [0.717, 1.165) is 6.54 Å². The molecule has 1 aromatic rings. The Morgan fingerprint density at radius 1 is 1.36 bits per heavy atom. The molecule has 2 aliphatic rings. The van der Waals surface area contributed by atoms with Crippen molar-refractivity contribution in [2.45, 2.75) is 31.3 Å². The Balaban J connectivity index is 2.00. The smallest absolute Gasteiger partial charge is 0.0240 e. The molecule has 2 N–H and O–H groups in total. The lowest BCUT2D eigenvalue weighted by Gasteiger charge is -2.22. The molecule has 11 heavy (non-hydrogen) atoms. The van der Waals surface area contributed by atoms with E-state index in [1.807, 2.05) is 6.20 Å². The minimum absolute atomic E-state index is 0.512. The van der Waals surface area contributed by atoms with E-state index in [1.165, 1.54) is 30.5 Å². The second kappa shape index (κ2) is 1.69. The maximum absolute atomic E-state index is 3.59. The zero-order valence-corrected chi connectivity index (χ0v) is 6.48. The average Bonchev–Trinajstić information content (AvgIpc) is 2.63. The Kier molecular flexibility index (Phi) is 0.899. The zero-order valence-electron chi connectivity index (χ0n) is 6.48. The molecule has 1 spiro atoms. The summed E-state index contributed by atoms with van der Waals surface area (Å²) in [5.41, 5.74) is 3.43. The van der Waals surface area contributed by atoms with Crippen LogP contribution in [0.3, 0.4) is 0 Å². The quantitative estimate of drug-likeness (QED) is 0.568. The van der Waals surface area contributed by atoms with E-state index in [2.05, 4.69) is 16.4 Å². The third kappa shape index (κ3) is 0.760. The molecule has 1 aliphatic carbocycles. The summed E-state index contributed by atoms with van der Waals surface area (Å²) in [6, 6.07) is 2.18. The van der Waals surface area contributed by atoms with E-state index in [4.69, 9.17) is 0 Å². The van der Waals surface area contributed by atoms with Crippen LogP contribution in [0.5, 0.6) is 0 Å². The van der Waals surface area contributed by atoms with Crippen LogP contribution in [0.4, 0.5) is 0 Å². The second-order valence-corrected chi connectivity index (χ2v) is 3.79. The summed E-state index contributed by atoms with van der Waals surface area (Å²) in [6.07, 6.45) is 6.00. The molecule has 0 atom stereocenters. The van der Waals surface area contributed by atoms with E-state index < -0.39 is 0 Å². The molecule has 1 saturated carbocycles. The van der Waals surface area contributed by atoms with Gasteiger partial charge in [-0.25, -0.2) is 0 Å². The van der Waals surface area contributed by atoms with Crippen molar-refractivity contribution in [1.82, 2.24) is 10.3 Å². The fourth-order valence-electron chi connectivity index (χ4n) is 1.95.